The number of benzene rings is 3. The van der Waals surface area contributed by atoms with Crippen molar-refractivity contribution >= 4 is 23.3 Å². The molecule has 0 saturated heterocycles. The molecule has 0 unspecified atom stereocenters. The van der Waals surface area contributed by atoms with Crippen molar-refractivity contribution < 1.29 is 38.0 Å². The molecule has 0 aliphatic carbocycles. The van der Waals surface area contributed by atoms with Crippen LogP contribution in [0.15, 0.2) is 66.9 Å². The van der Waals surface area contributed by atoms with Gasteiger partial charge >= 0.3 is 0 Å². The first kappa shape index (κ1) is 29.6. The summed E-state index contributed by atoms with van der Waals surface area (Å²) in [6.45, 7) is 0. The molecule has 0 spiro atoms. The smallest absolute Gasteiger partial charge is 0.187 e. The van der Waals surface area contributed by atoms with Gasteiger partial charge in [0.05, 0.1) is 53.9 Å². The fourth-order valence-electron chi connectivity index (χ4n) is 3.90. The molecule has 40 heavy (non-hydrogen) atoms. The minimum atomic E-state index is -0.228. The Kier molecular flexibility index (Phi) is 10.6. The Labute approximate surface area is 233 Å². The van der Waals surface area contributed by atoms with Gasteiger partial charge in [0, 0.05) is 36.4 Å². The van der Waals surface area contributed by atoms with Gasteiger partial charge in [0.1, 0.15) is 23.0 Å². The Morgan fingerprint density at radius 1 is 0.675 bits per heavy atom. The number of carbonyl (C=O) groups excluding carboxylic acids is 2. The third kappa shape index (κ3) is 7.35. The molecular formula is C31H33NO8. The number of hydrogen-bond acceptors (Lipinski definition) is 9. The average molecular weight is 548 g/mol. The van der Waals surface area contributed by atoms with Crippen LogP contribution in [0.2, 0.25) is 0 Å². The molecule has 0 bridgehead atoms. The lowest BCUT2D eigenvalue weighted by atomic mass is 10.1. The largest absolute Gasteiger partial charge is 0.496 e. The van der Waals surface area contributed by atoms with E-state index in [2.05, 4.69) is 5.32 Å². The molecule has 0 atom stereocenters. The van der Waals surface area contributed by atoms with Crippen molar-refractivity contribution in [1.29, 1.82) is 0 Å². The lowest BCUT2D eigenvalue weighted by Crippen LogP contribution is -2.02. The first-order chi connectivity index (χ1) is 19.4. The first-order valence-electron chi connectivity index (χ1n) is 12.2. The van der Waals surface area contributed by atoms with Crippen LogP contribution >= 0.6 is 0 Å². The van der Waals surface area contributed by atoms with Crippen LogP contribution in [-0.4, -0.2) is 54.2 Å². The zero-order valence-corrected chi connectivity index (χ0v) is 23.4. The van der Waals surface area contributed by atoms with Gasteiger partial charge < -0.3 is 33.7 Å². The summed E-state index contributed by atoms with van der Waals surface area (Å²) in [6.07, 6.45) is 6.20. The van der Waals surface area contributed by atoms with Gasteiger partial charge in [-0.1, -0.05) is 6.07 Å². The molecular weight excluding hydrogens is 514 g/mol. The minimum Gasteiger partial charge on any atom is -0.496 e. The number of hydrogen-bond donors (Lipinski definition) is 1. The summed E-state index contributed by atoms with van der Waals surface area (Å²) in [5.74, 6) is 2.82. The van der Waals surface area contributed by atoms with Gasteiger partial charge in [-0.3, -0.25) is 9.59 Å². The molecule has 9 heteroatoms. The lowest BCUT2D eigenvalue weighted by Gasteiger charge is -2.12. The maximum Gasteiger partial charge on any atom is 0.187 e. The van der Waals surface area contributed by atoms with E-state index >= 15 is 0 Å². The fraction of sp³-hybridized carbons (Fsp3) is 0.226. The molecule has 3 rings (SSSR count). The molecule has 3 aromatic carbocycles. The number of rotatable bonds is 14. The first-order valence-corrected chi connectivity index (χ1v) is 12.2. The number of anilines is 1. The molecule has 9 nitrogen and oxygen atoms in total. The lowest BCUT2D eigenvalue weighted by molar-refractivity contribution is -0.113. The summed E-state index contributed by atoms with van der Waals surface area (Å²) in [4.78, 5) is 25.5. The summed E-state index contributed by atoms with van der Waals surface area (Å²) in [7, 11) is 9.21. The van der Waals surface area contributed by atoms with E-state index in [4.69, 9.17) is 28.4 Å². The Balaban J connectivity index is 1.73. The van der Waals surface area contributed by atoms with Crippen molar-refractivity contribution in [1.82, 2.24) is 0 Å². The molecule has 0 aliphatic rings. The van der Waals surface area contributed by atoms with E-state index in [-0.39, 0.29) is 18.0 Å². The monoisotopic (exact) mass is 547 g/mol. The molecule has 0 aliphatic heterocycles. The van der Waals surface area contributed by atoms with Gasteiger partial charge in [0.15, 0.2) is 23.1 Å². The number of methoxy groups -OCH3 is 6. The van der Waals surface area contributed by atoms with Gasteiger partial charge in [0.2, 0.25) is 0 Å². The van der Waals surface area contributed by atoms with Crippen LogP contribution in [0.5, 0.6) is 34.5 Å². The van der Waals surface area contributed by atoms with Crippen LogP contribution in [-0.2, 0) is 11.2 Å². The number of ketones is 2. The Morgan fingerprint density at radius 3 is 1.90 bits per heavy atom. The number of allylic oxidation sites excluding steroid dienone is 2. The quantitative estimate of drug-likeness (QED) is 0.211. The third-order valence-corrected chi connectivity index (χ3v) is 5.97. The Bertz CT molecular complexity index is 1390. The summed E-state index contributed by atoms with van der Waals surface area (Å²) in [6, 6.07) is 13.7. The molecule has 0 amide bonds. The fourth-order valence-corrected chi connectivity index (χ4v) is 3.90. The van der Waals surface area contributed by atoms with E-state index < -0.39 is 0 Å². The topological polar surface area (TPSA) is 102 Å². The van der Waals surface area contributed by atoms with Gasteiger partial charge in [-0.25, -0.2) is 0 Å². The van der Waals surface area contributed by atoms with Gasteiger partial charge in [0.25, 0.3) is 0 Å². The summed E-state index contributed by atoms with van der Waals surface area (Å²) >= 11 is 0. The SMILES string of the molecule is COc1cc(OC)c(/C=C/C(=O)Cc2ccc(OC)c(N/C=C/C(=O)c3ccc(OC)c(OC)c3)c2)c(OC)c1. The van der Waals surface area contributed by atoms with Gasteiger partial charge in [-0.15, -0.1) is 0 Å². The van der Waals surface area contributed by atoms with Crippen molar-refractivity contribution in [2.75, 3.05) is 48.0 Å². The molecule has 3 aromatic rings. The van der Waals surface area contributed by atoms with E-state index in [1.54, 1.807) is 62.8 Å². The normalized spacial score (nSPS) is 10.8. The van der Waals surface area contributed by atoms with Crippen LogP contribution in [0.25, 0.3) is 6.08 Å². The van der Waals surface area contributed by atoms with Crippen molar-refractivity contribution in [3.63, 3.8) is 0 Å². The van der Waals surface area contributed by atoms with Gasteiger partial charge in [-0.2, -0.15) is 0 Å². The molecule has 0 aromatic heterocycles. The van der Waals surface area contributed by atoms with E-state index in [0.717, 1.165) is 5.56 Å². The van der Waals surface area contributed by atoms with Crippen molar-refractivity contribution in [2.45, 2.75) is 6.42 Å². The van der Waals surface area contributed by atoms with Gasteiger partial charge in [-0.05, 0) is 48.0 Å². The van der Waals surface area contributed by atoms with E-state index in [9.17, 15) is 9.59 Å². The number of nitrogens with one attached hydrogen (secondary N) is 1. The van der Waals surface area contributed by atoms with Crippen molar-refractivity contribution in [2.24, 2.45) is 0 Å². The standard InChI is InChI=1S/C31H33NO8/c1-35-23-18-29(38-4)24(30(19-23)39-5)10-9-22(33)15-20-7-11-27(36-2)25(16-20)32-14-13-26(34)21-8-12-28(37-3)31(17-21)40-6/h7-14,16-19,32H,15H2,1-6H3/b10-9+,14-13+. The summed E-state index contributed by atoms with van der Waals surface area (Å²) in [5.41, 5.74) is 2.43. The second-order valence-corrected chi connectivity index (χ2v) is 8.37. The summed E-state index contributed by atoms with van der Waals surface area (Å²) in [5, 5.41) is 3.07. The van der Waals surface area contributed by atoms with Crippen LogP contribution < -0.4 is 33.7 Å². The Hall–Kier alpha value is -4.92. The average Bonchev–Trinajstić information content (AvgIpc) is 2.99. The zero-order valence-electron chi connectivity index (χ0n) is 23.4. The highest BCUT2D eigenvalue weighted by molar-refractivity contribution is 6.05. The van der Waals surface area contributed by atoms with Crippen molar-refractivity contribution in [3.8, 4) is 34.5 Å². The molecule has 0 radical (unpaired) electrons. The van der Waals surface area contributed by atoms with Crippen molar-refractivity contribution in [3.05, 3.63) is 83.6 Å². The number of ether oxygens (including phenoxy) is 6. The maximum atomic E-state index is 12.8. The highest BCUT2D eigenvalue weighted by Crippen LogP contribution is 2.35. The predicted octanol–water partition coefficient (Wildman–Crippen LogP) is 5.37. The summed E-state index contributed by atoms with van der Waals surface area (Å²) < 4.78 is 32.1. The Morgan fingerprint density at radius 2 is 1.30 bits per heavy atom. The number of carbonyl (C=O) groups is 2. The zero-order chi connectivity index (χ0) is 29.1. The highest BCUT2D eigenvalue weighted by atomic mass is 16.5. The van der Waals surface area contributed by atoms with Crippen LogP contribution in [0.1, 0.15) is 21.5 Å². The van der Waals surface area contributed by atoms with E-state index in [0.29, 0.717) is 51.3 Å². The van der Waals surface area contributed by atoms with Crippen LogP contribution in [0.4, 0.5) is 5.69 Å². The molecule has 0 saturated carbocycles. The van der Waals surface area contributed by atoms with E-state index in [1.807, 2.05) is 6.07 Å². The second kappa shape index (κ2) is 14.3. The molecule has 0 fully saturated rings. The molecule has 0 heterocycles. The van der Waals surface area contributed by atoms with Crippen LogP contribution in [0, 0.1) is 0 Å². The van der Waals surface area contributed by atoms with Crippen LogP contribution in [0.3, 0.4) is 0 Å². The molecule has 210 valence electrons. The molecule has 1 N–H and O–H groups in total. The highest BCUT2D eigenvalue weighted by Gasteiger charge is 2.13. The third-order valence-electron chi connectivity index (χ3n) is 5.97. The maximum absolute atomic E-state index is 12.8. The predicted molar refractivity (Wildman–Crippen MR) is 153 cm³/mol. The minimum absolute atomic E-state index is 0.129. The second-order valence-electron chi connectivity index (χ2n) is 8.37. The van der Waals surface area contributed by atoms with E-state index in [1.165, 1.54) is 46.8 Å².